The normalized spacial score (nSPS) is 21.6. The number of hydrogen-bond acceptors (Lipinski definition) is 5. The maximum Gasteiger partial charge on any atom is 0.137 e. The van der Waals surface area contributed by atoms with E-state index in [0.29, 0.717) is 5.92 Å². The van der Waals surface area contributed by atoms with Gasteiger partial charge in [-0.2, -0.15) is 0 Å². The molecule has 2 rings (SSSR count). The predicted octanol–water partition coefficient (Wildman–Crippen LogP) is 1.03. The van der Waals surface area contributed by atoms with Crippen molar-refractivity contribution in [3.63, 3.8) is 0 Å². The van der Waals surface area contributed by atoms with E-state index in [2.05, 4.69) is 20.2 Å². The fourth-order valence-electron chi connectivity index (χ4n) is 2.39. The first-order chi connectivity index (χ1) is 8.13. The molecular weight excluding hydrogens is 216 g/mol. The van der Waals surface area contributed by atoms with Crippen LogP contribution in [0.4, 0.5) is 11.6 Å². The molecule has 1 aliphatic rings. The van der Waals surface area contributed by atoms with E-state index in [1.165, 1.54) is 0 Å². The first-order valence-corrected chi connectivity index (χ1v) is 6.06. The molecule has 1 saturated heterocycles. The van der Waals surface area contributed by atoms with Gasteiger partial charge < -0.3 is 15.3 Å². The topological polar surface area (TPSA) is 61.3 Å². The van der Waals surface area contributed by atoms with Crippen molar-refractivity contribution in [2.75, 3.05) is 30.4 Å². The minimum Gasteiger partial charge on any atom is -0.393 e. The standard InChI is InChI=1S/C12H20N4O/c1-8-11(13-3)14-7-15-12(8)16-5-4-10(6-16)9(2)17/h7,9-10,17H,4-6H2,1-3H3,(H,13,14,15). The predicted molar refractivity (Wildman–Crippen MR) is 68.3 cm³/mol. The number of aliphatic hydroxyl groups is 1. The van der Waals surface area contributed by atoms with Crippen LogP contribution in [0.2, 0.25) is 0 Å². The Kier molecular flexibility index (Phi) is 3.47. The van der Waals surface area contributed by atoms with Gasteiger partial charge in [-0.25, -0.2) is 9.97 Å². The van der Waals surface area contributed by atoms with Gasteiger partial charge in [-0.15, -0.1) is 0 Å². The Morgan fingerprint density at radius 1 is 1.53 bits per heavy atom. The highest BCUT2D eigenvalue weighted by Gasteiger charge is 2.28. The molecule has 0 aliphatic carbocycles. The smallest absolute Gasteiger partial charge is 0.137 e. The maximum absolute atomic E-state index is 9.62. The fraction of sp³-hybridized carbons (Fsp3) is 0.667. The highest BCUT2D eigenvalue weighted by Crippen LogP contribution is 2.28. The molecule has 0 bridgehead atoms. The van der Waals surface area contributed by atoms with Crippen molar-refractivity contribution >= 4 is 11.6 Å². The number of anilines is 2. The van der Waals surface area contributed by atoms with E-state index in [0.717, 1.165) is 36.7 Å². The molecule has 94 valence electrons. The number of hydrogen-bond donors (Lipinski definition) is 2. The molecule has 1 aromatic heterocycles. The molecule has 2 heterocycles. The summed E-state index contributed by atoms with van der Waals surface area (Å²) >= 11 is 0. The van der Waals surface area contributed by atoms with E-state index in [9.17, 15) is 5.11 Å². The molecular formula is C12H20N4O. The summed E-state index contributed by atoms with van der Waals surface area (Å²) in [6.07, 6.45) is 2.37. The van der Waals surface area contributed by atoms with Gasteiger partial charge in [-0.3, -0.25) is 0 Å². The molecule has 5 nitrogen and oxygen atoms in total. The van der Waals surface area contributed by atoms with Gasteiger partial charge in [0.1, 0.15) is 18.0 Å². The lowest BCUT2D eigenvalue weighted by atomic mass is 10.0. The van der Waals surface area contributed by atoms with Crippen LogP contribution in [0, 0.1) is 12.8 Å². The van der Waals surface area contributed by atoms with Crippen molar-refractivity contribution < 1.29 is 5.11 Å². The quantitative estimate of drug-likeness (QED) is 0.821. The third-order valence-electron chi connectivity index (χ3n) is 3.50. The molecule has 0 saturated carbocycles. The third-order valence-corrected chi connectivity index (χ3v) is 3.50. The molecule has 0 aromatic carbocycles. The SMILES string of the molecule is CNc1ncnc(N2CCC(C(C)O)C2)c1C. The van der Waals surface area contributed by atoms with Gasteiger partial charge in [0, 0.05) is 31.6 Å². The van der Waals surface area contributed by atoms with Crippen molar-refractivity contribution in [1.29, 1.82) is 0 Å². The molecule has 0 amide bonds. The zero-order valence-electron chi connectivity index (χ0n) is 10.6. The van der Waals surface area contributed by atoms with Crippen LogP contribution in [0.1, 0.15) is 18.9 Å². The fourth-order valence-corrected chi connectivity index (χ4v) is 2.39. The van der Waals surface area contributed by atoms with Gasteiger partial charge >= 0.3 is 0 Å². The van der Waals surface area contributed by atoms with Crippen molar-refractivity contribution in [2.45, 2.75) is 26.4 Å². The van der Waals surface area contributed by atoms with Gasteiger partial charge in [0.25, 0.3) is 0 Å². The lowest BCUT2D eigenvalue weighted by Crippen LogP contribution is -2.25. The average molecular weight is 236 g/mol. The summed E-state index contributed by atoms with van der Waals surface area (Å²) in [6.45, 7) is 5.71. The van der Waals surface area contributed by atoms with E-state index in [4.69, 9.17) is 0 Å². The van der Waals surface area contributed by atoms with Crippen LogP contribution in [0.25, 0.3) is 0 Å². The molecule has 1 fully saturated rings. The average Bonchev–Trinajstić information content (AvgIpc) is 2.78. The molecule has 2 unspecified atom stereocenters. The monoisotopic (exact) mass is 236 g/mol. The second kappa shape index (κ2) is 4.87. The van der Waals surface area contributed by atoms with Gasteiger partial charge in [0.05, 0.1) is 6.10 Å². The van der Waals surface area contributed by atoms with Gasteiger partial charge in [-0.1, -0.05) is 0 Å². The van der Waals surface area contributed by atoms with Gasteiger partial charge in [-0.05, 0) is 20.3 Å². The molecule has 0 radical (unpaired) electrons. The van der Waals surface area contributed by atoms with Crippen LogP contribution in [-0.2, 0) is 0 Å². The number of nitrogens with one attached hydrogen (secondary N) is 1. The lowest BCUT2D eigenvalue weighted by molar-refractivity contribution is 0.136. The Labute approximate surface area is 102 Å². The van der Waals surface area contributed by atoms with Crippen LogP contribution < -0.4 is 10.2 Å². The molecule has 5 heteroatoms. The molecule has 17 heavy (non-hydrogen) atoms. The van der Waals surface area contributed by atoms with Gasteiger partial charge in [0.15, 0.2) is 0 Å². The van der Waals surface area contributed by atoms with E-state index in [1.54, 1.807) is 6.33 Å². The first-order valence-electron chi connectivity index (χ1n) is 6.06. The zero-order valence-corrected chi connectivity index (χ0v) is 10.6. The van der Waals surface area contributed by atoms with Gasteiger partial charge in [0.2, 0.25) is 0 Å². The summed E-state index contributed by atoms with van der Waals surface area (Å²) < 4.78 is 0. The van der Waals surface area contributed by atoms with Crippen molar-refractivity contribution in [1.82, 2.24) is 9.97 Å². The third kappa shape index (κ3) is 2.34. The summed E-state index contributed by atoms with van der Waals surface area (Å²) in [5, 5.41) is 12.7. The molecule has 0 spiro atoms. The van der Waals surface area contributed by atoms with Crippen LogP contribution in [0.5, 0.6) is 0 Å². The number of aliphatic hydroxyl groups excluding tert-OH is 1. The van der Waals surface area contributed by atoms with E-state index in [-0.39, 0.29) is 6.10 Å². The van der Waals surface area contributed by atoms with Crippen molar-refractivity contribution in [2.24, 2.45) is 5.92 Å². The highest BCUT2D eigenvalue weighted by atomic mass is 16.3. The first kappa shape index (κ1) is 12.1. The highest BCUT2D eigenvalue weighted by molar-refractivity contribution is 5.58. The summed E-state index contributed by atoms with van der Waals surface area (Å²) in [5.41, 5.74) is 1.07. The van der Waals surface area contributed by atoms with Crippen LogP contribution >= 0.6 is 0 Å². The Bertz CT molecular complexity index is 394. The van der Waals surface area contributed by atoms with Crippen LogP contribution in [0.15, 0.2) is 6.33 Å². The van der Waals surface area contributed by atoms with Crippen molar-refractivity contribution in [3.8, 4) is 0 Å². The minimum atomic E-state index is -0.245. The number of nitrogens with zero attached hydrogens (tertiary/aromatic N) is 3. The Balaban J connectivity index is 2.19. The largest absolute Gasteiger partial charge is 0.393 e. The number of rotatable bonds is 3. The van der Waals surface area contributed by atoms with Crippen LogP contribution in [0.3, 0.4) is 0 Å². The molecule has 1 aliphatic heterocycles. The minimum absolute atomic E-state index is 0.245. The summed E-state index contributed by atoms with van der Waals surface area (Å²) in [6, 6.07) is 0. The van der Waals surface area contributed by atoms with E-state index < -0.39 is 0 Å². The summed E-state index contributed by atoms with van der Waals surface area (Å²) in [4.78, 5) is 10.8. The zero-order chi connectivity index (χ0) is 12.4. The van der Waals surface area contributed by atoms with Crippen molar-refractivity contribution in [3.05, 3.63) is 11.9 Å². The molecule has 1 aromatic rings. The van der Waals surface area contributed by atoms with E-state index >= 15 is 0 Å². The van der Waals surface area contributed by atoms with E-state index in [1.807, 2.05) is 20.9 Å². The number of aromatic nitrogens is 2. The second-order valence-electron chi connectivity index (χ2n) is 4.66. The molecule has 2 N–H and O–H groups in total. The molecule has 2 atom stereocenters. The maximum atomic E-state index is 9.62. The second-order valence-corrected chi connectivity index (χ2v) is 4.66. The van der Waals surface area contributed by atoms with Crippen LogP contribution in [-0.4, -0.2) is 41.3 Å². The lowest BCUT2D eigenvalue weighted by Gasteiger charge is -2.21. The Morgan fingerprint density at radius 3 is 2.88 bits per heavy atom. The summed E-state index contributed by atoms with van der Waals surface area (Å²) in [7, 11) is 1.86. The Hall–Kier alpha value is -1.36. The Morgan fingerprint density at radius 2 is 2.29 bits per heavy atom. The summed E-state index contributed by atoms with van der Waals surface area (Å²) in [5.74, 6) is 2.20.